The van der Waals surface area contributed by atoms with E-state index in [0.29, 0.717) is 11.2 Å². The second-order valence-corrected chi connectivity index (χ2v) is 3.65. The molecule has 3 heteroatoms. The van der Waals surface area contributed by atoms with Crippen molar-refractivity contribution in [2.75, 3.05) is 0 Å². The van der Waals surface area contributed by atoms with Crippen LogP contribution in [0.15, 0.2) is 23.4 Å². The maximum Gasteiger partial charge on any atom is 0.112 e. The Labute approximate surface area is 92.4 Å². The number of allylic oxidation sites excluding steroid dienone is 2. The fourth-order valence-corrected chi connectivity index (χ4v) is 1.16. The Kier molecular flexibility index (Phi) is 8.79. The molecule has 0 fully saturated rings. The third-order valence-electron chi connectivity index (χ3n) is 1.71. The second kappa shape index (κ2) is 9.10. The average Bonchev–Trinajstić information content (AvgIpc) is 2.16. The first-order chi connectivity index (χ1) is 6.70. The molecule has 82 valence electrons. The Morgan fingerprint density at radius 2 is 2.00 bits per heavy atom. The van der Waals surface area contributed by atoms with E-state index in [9.17, 15) is 0 Å². The smallest absolute Gasteiger partial charge is 0.112 e. The molecule has 1 unspecified atom stereocenters. The van der Waals surface area contributed by atoms with Crippen LogP contribution >= 0.6 is 11.6 Å². The molecule has 2 N–H and O–H groups in total. The number of hydrogen-bond acceptors (Lipinski definition) is 2. The summed E-state index contributed by atoms with van der Waals surface area (Å²) in [6, 6.07) is 0.386. The summed E-state index contributed by atoms with van der Waals surface area (Å²) in [5, 5.41) is 0.666. The lowest BCUT2D eigenvalue weighted by molar-refractivity contribution is 0.504. The first-order valence-electron chi connectivity index (χ1n) is 5.22. The molecule has 1 atom stereocenters. The lowest BCUT2D eigenvalue weighted by atomic mass is 10.2. The molecule has 0 saturated heterocycles. The minimum Gasteiger partial charge on any atom is -0.312 e. The SMILES string of the molecule is CC/C=C\CC(C)NN/C(Cl)=C\CC. The van der Waals surface area contributed by atoms with E-state index in [-0.39, 0.29) is 0 Å². The van der Waals surface area contributed by atoms with Crippen molar-refractivity contribution in [2.45, 2.75) is 46.1 Å². The van der Waals surface area contributed by atoms with Gasteiger partial charge < -0.3 is 5.43 Å². The molecule has 0 heterocycles. The van der Waals surface area contributed by atoms with Crippen LogP contribution in [0.1, 0.15) is 40.0 Å². The van der Waals surface area contributed by atoms with Gasteiger partial charge >= 0.3 is 0 Å². The van der Waals surface area contributed by atoms with E-state index in [1.807, 2.05) is 6.08 Å². The van der Waals surface area contributed by atoms with Gasteiger partial charge in [-0.25, -0.2) is 5.43 Å². The van der Waals surface area contributed by atoms with E-state index in [2.05, 4.69) is 43.8 Å². The van der Waals surface area contributed by atoms with Crippen LogP contribution in [-0.2, 0) is 0 Å². The molecular formula is C11H21ClN2. The fraction of sp³-hybridized carbons (Fsp3) is 0.636. The molecule has 0 rings (SSSR count). The summed E-state index contributed by atoms with van der Waals surface area (Å²) >= 11 is 5.86. The Bertz CT molecular complexity index is 188. The van der Waals surface area contributed by atoms with Crippen molar-refractivity contribution in [1.29, 1.82) is 0 Å². The number of hydrazine groups is 1. The third-order valence-corrected chi connectivity index (χ3v) is 1.96. The van der Waals surface area contributed by atoms with Gasteiger partial charge in [0.05, 0.1) is 0 Å². The summed E-state index contributed by atoms with van der Waals surface area (Å²) in [6.45, 7) is 6.30. The molecule has 2 nitrogen and oxygen atoms in total. The molecule has 0 amide bonds. The topological polar surface area (TPSA) is 24.1 Å². The standard InChI is InChI=1S/C11H21ClN2/c1-4-6-7-9-10(3)13-14-11(12)8-5-2/h6-8,10,13-14H,4-5,9H2,1-3H3/b7-6-,11-8-. The van der Waals surface area contributed by atoms with Gasteiger partial charge in [-0.05, 0) is 32.3 Å². The van der Waals surface area contributed by atoms with E-state index in [4.69, 9.17) is 11.6 Å². The molecule has 0 aromatic heterocycles. The monoisotopic (exact) mass is 216 g/mol. The first-order valence-corrected chi connectivity index (χ1v) is 5.60. The number of hydrogen-bond donors (Lipinski definition) is 2. The Balaban J connectivity index is 3.57. The zero-order chi connectivity index (χ0) is 10.8. The van der Waals surface area contributed by atoms with Crippen LogP contribution in [0.5, 0.6) is 0 Å². The second-order valence-electron chi connectivity index (χ2n) is 3.25. The largest absolute Gasteiger partial charge is 0.312 e. The van der Waals surface area contributed by atoms with Gasteiger partial charge in [-0.3, -0.25) is 0 Å². The maximum atomic E-state index is 5.86. The fourth-order valence-electron chi connectivity index (χ4n) is 0.948. The van der Waals surface area contributed by atoms with E-state index in [0.717, 1.165) is 19.3 Å². The molecule has 0 bridgehead atoms. The van der Waals surface area contributed by atoms with Crippen LogP contribution in [0.2, 0.25) is 0 Å². The maximum absolute atomic E-state index is 5.86. The van der Waals surface area contributed by atoms with E-state index >= 15 is 0 Å². The highest BCUT2D eigenvalue weighted by Crippen LogP contribution is 1.97. The summed E-state index contributed by atoms with van der Waals surface area (Å²) in [5.74, 6) is 0. The number of nitrogens with one attached hydrogen (secondary N) is 2. The zero-order valence-electron chi connectivity index (χ0n) is 9.31. The molecule has 0 aromatic carbocycles. The summed E-state index contributed by atoms with van der Waals surface area (Å²) < 4.78 is 0. The van der Waals surface area contributed by atoms with Crippen molar-refractivity contribution < 1.29 is 0 Å². The van der Waals surface area contributed by atoms with E-state index in [1.165, 1.54) is 0 Å². The normalized spacial score (nSPS) is 14.7. The summed E-state index contributed by atoms with van der Waals surface area (Å²) in [7, 11) is 0. The minimum atomic E-state index is 0.386. The van der Waals surface area contributed by atoms with Gasteiger partial charge in [0.15, 0.2) is 0 Å². The summed E-state index contributed by atoms with van der Waals surface area (Å²) in [6.07, 6.45) is 9.33. The molecule has 0 aliphatic carbocycles. The number of halogens is 1. The van der Waals surface area contributed by atoms with Gasteiger partial charge in [-0.2, -0.15) is 0 Å². The van der Waals surface area contributed by atoms with Gasteiger partial charge in [-0.15, -0.1) is 0 Å². The molecule has 0 spiro atoms. The minimum absolute atomic E-state index is 0.386. The summed E-state index contributed by atoms with van der Waals surface area (Å²) in [5.41, 5.74) is 6.08. The van der Waals surface area contributed by atoms with Crippen LogP contribution in [0.3, 0.4) is 0 Å². The van der Waals surface area contributed by atoms with E-state index < -0.39 is 0 Å². The highest BCUT2D eigenvalue weighted by atomic mass is 35.5. The van der Waals surface area contributed by atoms with Crippen LogP contribution in [0.25, 0.3) is 0 Å². The first kappa shape index (κ1) is 13.5. The van der Waals surface area contributed by atoms with Gasteiger partial charge in [0.25, 0.3) is 0 Å². The zero-order valence-corrected chi connectivity index (χ0v) is 10.1. The van der Waals surface area contributed by atoms with Crippen molar-refractivity contribution in [2.24, 2.45) is 0 Å². The van der Waals surface area contributed by atoms with Gasteiger partial charge in [-0.1, -0.05) is 37.6 Å². The van der Waals surface area contributed by atoms with Crippen LogP contribution in [0, 0.1) is 0 Å². The van der Waals surface area contributed by atoms with Gasteiger partial charge in [0.2, 0.25) is 0 Å². The van der Waals surface area contributed by atoms with Crippen molar-refractivity contribution >= 4 is 11.6 Å². The van der Waals surface area contributed by atoms with E-state index in [1.54, 1.807) is 0 Å². The van der Waals surface area contributed by atoms with Crippen LogP contribution in [-0.4, -0.2) is 6.04 Å². The highest BCUT2D eigenvalue weighted by molar-refractivity contribution is 6.29. The average molecular weight is 217 g/mol. The van der Waals surface area contributed by atoms with Crippen LogP contribution < -0.4 is 10.9 Å². The molecule has 0 radical (unpaired) electrons. The van der Waals surface area contributed by atoms with Crippen molar-refractivity contribution in [1.82, 2.24) is 10.9 Å². The molecule has 0 aliphatic rings. The predicted molar refractivity (Wildman–Crippen MR) is 64.0 cm³/mol. The quantitative estimate of drug-likeness (QED) is 0.388. The molecule has 0 aromatic rings. The molecule has 0 saturated carbocycles. The highest BCUT2D eigenvalue weighted by Gasteiger charge is 1.97. The van der Waals surface area contributed by atoms with Gasteiger partial charge in [0, 0.05) is 6.04 Å². The number of rotatable bonds is 7. The Hall–Kier alpha value is -0.470. The Morgan fingerprint density at radius 3 is 2.57 bits per heavy atom. The molecule has 0 aliphatic heterocycles. The Morgan fingerprint density at radius 1 is 1.29 bits per heavy atom. The van der Waals surface area contributed by atoms with Crippen LogP contribution in [0.4, 0.5) is 0 Å². The van der Waals surface area contributed by atoms with Crippen molar-refractivity contribution in [3.05, 3.63) is 23.4 Å². The van der Waals surface area contributed by atoms with Crippen molar-refractivity contribution in [3.8, 4) is 0 Å². The van der Waals surface area contributed by atoms with Gasteiger partial charge in [0.1, 0.15) is 5.16 Å². The third kappa shape index (κ3) is 8.14. The summed E-state index contributed by atoms with van der Waals surface area (Å²) in [4.78, 5) is 0. The predicted octanol–water partition coefficient (Wildman–Crippen LogP) is 3.32. The lowest BCUT2D eigenvalue weighted by Crippen LogP contribution is -2.36. The lowest BCUT2D eigenvalue weighted by Gasteiger charge is -2.13. The molecule has 14 heavy (non-hydrogen) atoms. The van der Waals surface area contributed by atoms with Crippen molar-refractivity contribution in [3.63, 3.8) is 0 Å². The molecular weight excluding hydrogens is 196 g/mol.